The Morgan fingerprint density at radius 2 is 1.17 bits per heavy atom. The summed E-state index contributed by atoms with van der Waals surface area (Å²) in [5, 5.41) is 18.8. The van der Waals surface area contributed by atoms with Crippen molar-refractivity contribution in [2.75, 3.05) is 0 Å². The molecule has 0 aliphatic carbocycles. The van der Waals surface area contributed by atoms with E-state index in [2.05, 4.69) is 37.6 Å². The maximum atomic E-state index is 9.38. The molecule has 0 amide bonds. The minimum absolute atomic E-state index is 0.377. The molecule has 0 spiro atoms. The van der Waals surface area contributed by atoms with Crippen molar-refractivity contribution < 1.29 is 0 Å². The number of rotatable bonds is 4. The van der Waals surface area contributed by atoms with Gasteiger partial charge in [0.25, 0.3) is 0 Å². The summed E-state index contributed by atoms with van der Waals surface area (Å²) in [5.41, 5.74) is 3.49. The monoisotopic (exact) mass is 372 g/mol. The van der Waals surface area contributed by atoms with Gasteiger partial charge in [0.1, 0.15) is 0 Å². The second kappa shape index (κ2) is 6.98. The van der Waals surface area contributed by atoms with Gasteiger partial charge in [0.15, 0.2) is 0 Å². The Balaban J connectivity index is 3.87. The van der Waals surface area contributed by atoms with E-state index >= 15 is 0 Å². The van der Waals surface area contributed by atoms with Crippen LogP contribution in [-0.4, -0.2) is 29.9 Å². The van der Waals surface area contributed by atoms with Crippen molar-refractivity contribution in [1.82, 2.24) is 0 Å². The Hall–Kier alpha value is -0.761. The van der Waals surface area contributed by atoms with Crippen LogP contribution in [0.2, 0.25) is 11.6 Å². The summed E-state index contributed by atoms with van der Waals surface area (Å²) in [6.45, 7) is 4.15. The fourth-order valence-corrected chi connectivity index (χ4v) is 7.34. The van der Waals surface area contributed by atoms with Gasteiger partial charge in [0.05, 0.1) is 0 Å². The van der Waals surface area contributed by atoms with Crippen LogP contribution in [-0.2, 0) is 12.8 Å². The van der Waals surface area contributed by atoms with Gasteiger partial charge in [-0.25, -0.2) is 0 Å². The number of nitrogens with zero attached hydrogens (tertiary/aromatic N) is 2. The van der Waals surface area contributed by atoms with Gasteiger partial charge in [-0.3, -0.25) is 0 Å². The summed E-state index contributed by atoms with van der Waals surface area (Å²) < 4.78 is 2.75. The fraction of sp³-hybridized carbons (Fsp3) is 0.429. The van der Waals surface area contributed by atoms with Crippen LogP contribution < -0.4 is 8.92 Å². The average Bonchev–Trinajstić information content (AvgIpc) is 2.43. The molecule has 4 heteroatoms. The van der Waals surface area contributed by atoms with Crippen molar-refractivity contribution in [3.63, 3.8) is 0 Å². The molecule has 0 N–H and O–H groups in total. The number of hydrogen-bond acceptors (Lipinski definition) is 2. The van der Waals surface area contributed by atoms with Crippen molar-refractivity contribution in [3.8, 4) is 12.1 Å². The summed E-state index contributed by atoms with van der Waals surface area (Å²) in [6.07, 6.45) is 1.69. The first kappa shape index (κ1) is 15.3. The molecule has 18 heavy (non-hydrogen) atoms. The third kappa shape index (κ3) is 2.49. The molecule has 0 aliphatic heterocycles. The molecule has 0 fully saturated rings. The van der Waals surface area contributed by atoms with E-state index in [0.29, 0.717) is 41.0 Å². The summed E-state index contributed by atoms with van der Waals surface area (Å²) in [7, 11) is 0. The van der Waals surface area contributed by atoms with Gasteiger partial charge in [-0.05, 0) is 0 Å². The van der Waals surface area contributed by atoms with Crippen molar-refractivity contribution in [2.24, 2.45) is 0 Å². The molecule has 1 aromatic rings. The van der Waals surface area contributed by atoms with Crippen molar-refractivity contribution >= 4 is 38.8 Å². The van der Waals surface area contributed by atoms with Crippen LogP contribution >= 0.6 is 0 Å². The Bertz CT molecular complexity index is 487. The zero-order chi connectivity index (χ0) is 13.7. The molecule has 0 aromatic heterocycles. The number of benzene rings is 1. The molecule has 1 aromatic carbocycles. The number of nitriles is 2. The molecule has 94 valence electrons. The van der Waals surface area contributed by atoms with Gasteiger partial charge < -0.3 is 0 Å². The zero-order valence-electron chi connectivity index (χ0n) is 11.1. The van der Waals surface area contributed by atoms with E-state index in [1.165, 1.54) is 8.92 Å². The molecule has 0 radical (unpaired) electrons. The van der Waals surface area contributed by atoms with Crippen LogP contribution in [0.25, 0.3) is 0 Å². The van der Waals surface area contributed by atoms with Gasteiger partial charge in [0, 0.05) is 0 Å². The Labute approximate surface area is 122 Å². The summed E-state index contributed by atoms with van der Waals surface area (Å²) in [4.78, 5) is 0. The van der Waals surface area contributed by atoms with Crippen molar-refractivity contribution in [3.05, 3.63) is 22.3 Å². The van der Waals surface area contributed by atoms with Crippen molar-refractivity contribution in [1.29, 1.82) is 10.5 Å². The Morgan fingerprint density at radius 3 is 1.33 bits per heavy atom. The summed E-state index contributed by atoms with van der Waals surface area (Å²) in [5.74, 6) is 4.40. The Morgan fingerprint density at radius 1 is 0.833 bits per heavy atom. The molecule has 0 unspecified atom stereocenters. The maximum absolute atomic E-state index is 9.38. The van der Waals surface area contributed by atoms with Crippen LogP contribution in [0.5, 0.6) is 0 Å². The molecular weight excluding hydrogens is 354 g/mol. The quantitative estimate of drug-likeness (QED) is 0.751. The van der Waals surface area contributed by atoms with Crippen LogP contribution in [0.15, 0.2) is 0 Å². The van der Waals surface area contributed by atoms with E-state index in [4.69, 9.17) is 0 Å². The molecule has 0 bridgehead atoms. The Kier molecular flexibility index (Phi) is 5.93. The minimum atomic E-state index is 0.377. The molecule has 0 heterocycles. The van der Waals surface area contributed by atoms with Crippen LogP contribution in [0, 0.1) is 22.7 Å². The molecule has 0 aliphatic rings. The second-order valence-corrected chi connectivity index (χ2v) is 7.13. The molecule has 0 saturated carbocycles. The topological polar surface area (TPSA) is 47.6 Å². The van der Waals surface area contributed by atoms with Crippen LogP contribution in [0.3, 0.4) is 0 Å². The van der Waals surface area contributed by atoms with Crippen LogP contribution in [0.4, 0.5) is 0 Å². The zero-order valence-corrected chi connectivity index (χ0v) is 14.6. The molecule has 1 rings (SSSR count). The predicted molar refractivity (Wildman–Crippen MR) is 77.1 cm³/mol. The van der Waals surface area contributed by atoms with Gasteiger partial charge >= 0.3 is 122 Å². The van der Waals surface area contributed by atoms with E-state index in [9.17, 15) is 10.5 Å². The first-order valence-corrected chi connectivity index (χ1v) is 10.9. The van der Waals surface area contributed by atoms with E-state index in [0.717, 1.165) is 24.0 Å². The van der Waals surface area contributed by atoms with Crippen molar-refractivity contribution in [2.45, 2.75) is 38.3 Å². The first-order valence-electron chi connectivity index (χ1n) is 5.79. The van der Waals surface area contributed by atoms with Gasteiger partial charge in [-0.1, -0.05) is 0 Å². The third-order valence-corrected chi connectivity index (χ3v) is 7.21. The SMILES string of the molecule is CCc1c(C#N)c(C#N)c(CC)c([Se]C)c1[Se]C. The van der Waals surface area contributed by atoms with E-state index in [1.807, 2.05) is 0 Å². The van der Waals surface area contributed by atoms with Crippen LogP contribution in [0.1, 0.15) is 36.1 Å². The normalized spacial score (nSPS) is 9.89. The third-order valence-electron chi connectivity index (χ3n) is 2.95. The van der Waals surface area contributed by atoms with Gasteiger partial charge in [-0.2, -0.15) is 0 Å². The van der Waals surface area contributed by atoms with Gasteiger partial charge in [-0.15, -0.1) is 0 Å². The van der Waals surface area contributed by atoms with Gasteiger partial charge in [0.2, 0.25) is 0 Å². The molecule has 0 saturated heterocycles. The molecule has 0 atom stereocenters. The first-order chi connectivity index (χ1) is 8.69. The fourth-order valence-electron chi connectivity index (χ4n) is 2.16. The summed E-state index contributed by atoms with van der Waals surface area (Å²) >= 11 is 0.754. The summed E-state index contributed by atoms with van der Waals surface area (Å²) in [6, 6.07) is 4.52. The predicted octanol–water partition coefficient (Wildman–Crippen LogP) is 1.31. The second-order valence-electron chi connectivity index (χ2n) is 3.70. The standard InChI is InChI=1S/C14H16N2Se2/c1-5-9-11(7-15)12(8-16)10(6-2)14(18-4)13(9)17-3/h5-6H2,1-4H3. The molecular formula is C14H16N2Se2. The molecule has 2 nitrogen and oxygen atoms in total. The van der Waals surface area contributed by atoms with E-state index in [-0.39, 0.29) is 0 Å². The van der Waals surface area contributed by atoms with E-state index in [1.54, 1.807) is 0 Å². The average molecular weight is 370 g/mol. The van der Waals surface area contributed by atoms with E-state index < -0.39 is 0 Å². The number of hydrogen-bond donors (Lipinski definition) is 0.